The first-order chi connectivity index (χ1) is 9.39. The predicted octanol–water partition coefficient (Wildman–Crippen LogP) is 4.07. The van der Waals surface area contributed by atoms with Gasteiger partial charge >= 0.3 is 0 Å². The number of nitrogens with two attached hydrogens (primary N) is 1. The van der Waals surface area contributed by atoms with Crippen molar-refractivity contribution < 1.29 is 0 Å². The molecular formula is C16H30N4. The minimum Gasteiger partial charge on any atom is -0.368 e. The fourth-order valence-electron chi connectivity index (χ4n) is 3.84. The van der Waals surface area contributed by atoms with E-state index in [1.165, 1.54) is 0 Å². The summed E-state index contributed by atoms with van der Waals surface area (Å²) in [6.07, 6.45) is 6.59. The molecule has 0 aliphatic heterocycles. The molecule has 1 aromatic rings. The summed E-state index contributed by atoms with van der Waals surface area (Å²) in [6.45, 7) is 15.3. The number of nitrogen functional groups attached to an aromatic ring is 1. The lowest BCUT2D eigenvalue weighted by Gasteiger charge is -2.49. The van der Waals surface area contributed by atoms with E-state index in [1.54, 1.807) is 0 Å². The summed E-state index contributed by atoms with van der Waals surface area (Å²) in [5.74, 6) is 1.73. The van der Waals surface area contributed by atoms with Crippen LogP contribution in [0.3, 0.4) is 0 Å². The maximum absolute atomic E-state index is 5.72. The Kier molecular flexibility index (Phi) is 5.37. The van der Waals surface area contributed by atoms with E-state index in [4.69, 9.17) is 5.73 Å². The number of anilines is 1. The minimum absolute atomic E-state index is 0.108. The Morgan fingerprint density at radius 1 is 1.25 bits per heavy atom. The van der Waals surface area contributed by atoms with Gasteiger partial charge in [0.1, 0.15) is 5.82 Å². The monoisotopic (exact) mass is 278 g/mol. The van der Waals surface area contributed by atoms with Crippen molar-refractivity contribution in [3.05, 3.63) is 18.5 Å². The lowest BCUT2D eigenvalue weighted by atomic mass is 9.55. The van der Waals surface area contributed by atoms with E-state index in [0.717, 1.165) is 31.5 Å². The van der Waals surface area contributed by atoms with Gasteiger partial charge in [0.2, 0.25) is 5.95 Å². The summed E-state index contributed by atoms with van der Waals surface area (Å²) in [5, 5.41) is 8.20. The average Bonchev–Trinajstić information content (AvgIpc) is 2.86. The van der Waals surface area contributed by atoms with Gasteiger partial charge in [0.25, 0.3) is 0 Å². The van der Waals surface area contributed by atoms with Crippen molar-refractivity contribution >= 4 is 5.95 Å². The largest absolute Gasteiger partial charge is 0.368 e. The molecule has 1 atom stereocenters. The molecule has 0 fully saturated rings. The van der Waals surface area contributed by atoms with Crippen molar-refractivity contribution in [3.63, 3.8) is 0 Å². The van der Waals surface area contributed by atoms with E-state index in [0.29, 0.717) is 11.9 Å². The maximum Gasteiger partial charge on any atom is 0.219 e. The Labute approximate surface area is 123 Å². The summed E-state index contributed by atoms with van der Waals surface area (Å²) in [7, 11) is 0. The van der Waals surface area contributed by atoms with Crippen LogP contribution in [-0.4, -0.2) is 15.2 Å². The second-order valence-corrected chi connectivity index (χ2v) is 6.18. The molecule has 0 saturated heterocycles. The van der Waals surface area contributed by atoms with Crippen LogP contribution in [0.25, 0.3) is 0 Å². The number of aromatic nitrogens is 3. The molecule has 4 heteroatoms. The molecule has 0 aromatic carbocycles. The SMILES string of the molecule is C=CC(CCC)C(CC)(CC)C(C)(C)c1nnc(N)[nH]1. The first kappa shape index (κ1) is 16.7. The highest BCUT2D eigenvalue weighted by Gasteiger charge is 2.49. The zero-order valence-corrected chi connectivity index (χ0v) is 13.7. The van der Waals surface area contributed by atoms with E-state index in [1.807, 2.05) is 0 Å². The number of allylic oxidation sites excluding steroid dienone is 1. The number of H-pyrrole nitrogens is 1. The van der Waals surface area contributed by atoms with Gasteiger partial charge in [0.05, 0.1) is 0 Å². The Balaban J connectivity index is 3.32. The molecular weight excluding hydrogens is 248 g/mol. The summed E-state index contributed by atoms with van der Waals surface area (Å²) >= 11 is 0. The highest BCUT2D eigenvalue weighted by Crippen LogP contribution is 2.52. The van der Waals surface area contributed by atoms with Crippen LogP contribution in [0.1, 0.15) is 66.1 Å². The number of hydrogen-bond donors (Lipinski definition) is 2. The van der Waals surface area contributed by atoms with Gasteiger partial charge in [-0.1, -0.05) is 47.1 Å². The van der Waals surface area contributed by atoms with E-state index < -0.39 is 0 Å². The molecule has 0 amide bonds. The highest BCUT2D eigenvalue weighted by molar-refractivity contribution is 5.21. The summed E-state index contributed by atoms with van der Waals surface area (Å²) < 4.78 is 0. The second kappa shape index (κ2) is 6.42. The van der Waals surface area contributed by atoms with Gasteiger partial charge in [-0.05, 0) is 30.6 Å². The fourth-order valence-corrected chi connectivity index (χ4v) is 3.84. The number of nitrogens with one attached hydrogen (secondary N) is 1. The standard InChI is InChI=1S/C16H30N4/c1-7-11-12(8-2)16(9-3,10-4)15(5,6)13-18-14(17)20-19-13/h8,12H,2,7,9-11H2,1,3-6H3,(H3,17,18,19,20). The van der Waals surface area contributed by atoms with Gasteiger partial charge in [0.15, 0.2) is 0 Å². The van der Waals surface area contributed by atoms with Crippen LogP contribution in [0.15, 0.2) is 12.7 Å². The Morgan fingerprint density at radius 3 is 2.20 bits per heavy atom. The first-order valence-corrected chi connectivity index (χ1v) is 7.70. The van der Waals surface area contributed by atoms with Gasteiger partial charge in [-0.2, -0.15) is 0 Å². The average molecular weight is 278 g/mol. The predicted molar refractivity (Wildman–Crippen MR) is 85.4 cm³/mol. The molecule has 0 aliphatic carbocycles. The van der Waals surface area contributed by atoms with Crippen molar-refractivity contribution in [2.24, 2.45) is 11.3 Å². The Hall–Kier alpha value is -1.32. The first-order valence-electron chi connectivity index (χ1n) is 7.70. The normalized spacial score (nSPS) is 14.2. The van der Waals surface area contributed by atoms with Crippen LogP contribution in [0.5, 0.6) is 0 Å². The van der Waals surface area contributed by atoms with E-state index in [-0.39, 0.29) is 10.8 Å². The van der Waals surface area contributed by atoms with Crippen molar-refractivity contribution in [1.82, 2.24) is 15.2 Å². The molecule has 114 valence electrons. The van der Waals surface area contributed by atoms with Crippen LogP contribution >= 0.6 is 0 Å². The quantitative estimate of drug-likeness (QED) is 0.704. The summed E-state index contributed by atoms with van der Waals surface area (Å²) in [6, 6.07) is 0. The summed E-state index contributed by atoms with van der Waals surface area (Å²) in [4.78, 5) is 3.13. The third-order valence-electron chi connectivity index (χ3n) is 5.20. The second-order valence-electron chi connectivity index (χ2n) is 6.18. The molecule has 1 heterocycles. The molecule has 0 aliphatic rings. The van der Waals surface area contributed by atoms with Crippen LogP contribution in [0, 0.1) is 11.3 Å². The van der Waals surface area contributed by atoms with Crippen LogP contribution in [0.4, 0.5) is 5.95 Å². The molecule has 1 aromatic heterocycles. The molecule has 1 rings (SSSR count). The molecule has 4 nitrogen and oxygen atoms in total. The molecule has 1 unspecified atom stereocenters. The van der Waals surface area contributed by atoms with Gasteiger partial charge in [-0.25, -0.2) is 0 Å². The number of nitrogens with zero attached hydrogens (tertiary/aromatic N) is 2. The molecule has 0 saturated carbocycles. The van der Waals surface area contributed by atoms with Gasteiger partial charge < -0.3 is 10.7 Å². The van der Waals surface area contributed by atoms with Crippen molar-refractivity contribution in [2.45, 2.75) is 65.7 Å². The molecule has 0 spiro atoms. The smallest absolute Gasteiger partial charge is 0.219 e. The maximum atomic E-state index is 5.72. The van der Waals surface area contributed by atoms with Gasteiger partial charge in [0, 0.05) is 5.41 Å². The van der Waals surface area contributed by atoms with Crippen molar-refractivity contribution in [1.29, 1.82) is 0 Å². The fraction of sp³-hybridized carbons (Fsp3) is 0.750. The Bertz CT molecular complexity index is 429. The molecule has 20 heavy (non-hydrogen) atoms. The zero-order valence-electron chi connectivity index (χ0n) is 13.7. The van der Waals surface area contributed by atoms with Crippen molar-refractivity contribution in [2.75, 3.05) is 5.73 Å². The third kappa shape index (κ3) is 2.60. The van der Waals surface area contributed by atoms with Crippen molar-refractivity contribution in [3.8, 4) is 0 Å². The number of aromatic amines is 1. The molecule has 0 bridgehead atoms. The molecule has 3 N–H and O–H groups in total. The minimum atomic E-state index is -0.130. The lowest BCUT2D eigenvalue weighted by Crippen LogP contribution is -2.46. The Morgan fingerprint density at radius 2 is 1.85 bits per heavy atom. The van der Waals surface area contributed by atoms with Crippen LogP contribution < -0.4 is 5.73 Å². The van der Waals surface area contributed by atoms with Gasteiger partial charge in [-0.15, -0.1) is 16.8 Å². The summed E-state index contributed by atoms with van der Waals surface area (Å²) in [5.41, 5.74) is 5.70. The number of rotatable bonds is 8. The lowest BCUT2D eigenvalue weighted by molar-refractivity contribution is 0.0611. The molecule has 0 radical (unpaired) electrons. The van der Waals surface area contributed by atoms with E-state index in [2.05, 4.69) is 62.5 Å². The van der Waals surface area contributed by atoms with Gasteiger partial charge in [-0.3, -0.25) is 0 Å². The topological polar surface area (TPSA) is 67.6 Å². The zero-order chi connectivity index (χ0) is 15.4. The third-order valence-corrected chi connectivity index (χ3v) is 5.20. The van der Waals surface area contributed by atoms with E-state index in [9.17, 15) is 0 Å². The number of hydrogen-bond acceptors (Lipinski definition) is 3. The van der Waals surface area contributed by atoms with E-state index >= 15 is 0 Å². The highest BCUT2D eigenvalue weighted by atomic mass is 15.3. The van der Waals surface area contributed by atoms with Crippen LogP contribution in [-0.2, 0) is 5.41 Å². The van der Waals surface area contributed by atoms with Crippen LogP contribution in [0.2, 0.25) is 0 Å².